The zero-order chi connectivity index (χ0) is 26.2. The van der Waals surface area contributed by atoms with Crippen molar-refractivity contribution >= 4 is 40.8 Å². The van der Waals surface area contributed by atoms with E-state index in [0.717, 1.165) is 44.0 Å². The Kier molecular flexibility index (Phi) is 7.82. The molecule has 0 fully saturated rings. The molecule has 0 bridgehead atoms. The molecule has 0 N–H and O–H groups in total. The first-order chi connectivity index (χ1) is 17.0. The normalized spacial score (nSPS) is 15.9. The van der Waals surface area contributed by atoms with Gasteiger partial charge in [-0.05, 0) is 48.7 Å². The van der Waals surface area contributed by atoms with E-state index < -0.39 is 8.07 Å². The molecule has 0 saturated heterocycles. The molecule has 2 heterocycles. The largest absolute Gasteiger partial charge is 0.496 e. The molecule has 1 aromatic heterocycles. The Morgan fingerprint density at radius 3 is 2.58 bits per heavy atom. The molecule has 0 radical (unpaired) electrons. The van der Waals surface area contributed by atoms with Crippen LogP contribution in [0.2, 0.25) is 25.7 Å². The van der Waals surface area contributed by atoms with Crippen molar-refractivity contribution < 1.29 is 19.0 Å². The van der Waals surface area contributed by atoms with Crippen LogP contribution in [0.1, 0.15) is 35.7 Å². The van der Waals surface area contributed by atoms with Crippen LogP contribution >= 0.6 is 15.9 Å². The molecule has 1 amide bonds. The Balaban J connectivity index is 1.73. The molecule has 0 unspecified atom stereocenters. The number of halogens is 1. The van der Waals surface area contributed by atoms with E-state index in [4.69, 9.17) is 19.3 Å². The number of nitrogens with zero attached hydrogens (tertiary/aromatic N) is 3. The summed E-state index contributed by atoms with van der Waals surface area (Å²) in [4.78, 5) is 15.3. The first-order valence-corrected chi connectivity index (χ1v) is 16.9. The van der Waals surface area contributed by atoms with Crippen molar-refractivity contribution in [3.8, 4) is 22.8 Å². The van der Waals surface area contributed by atoms with E-state index in [1.165, 1.54) is 0 Å². The molecule has 0 spiro atoms. The number of rotatable bonds is 9. The van der Waals surface area contributed by atoms with Crippen molar-refractivity contribution in [3.63, 3.8) is 0 Å². The predicted octanol–water partition coefficient (Wildman–Crippen LogP) is 6.28. The number of hydrogen-bond acceptors (Lipinski definition) is 5. The Morgan fingerprint density at radius 1 is 1.17 bits per heavy atom. The van der Waals surface area contributed by atoms with E-state index >= 15 is 0 Å². The van der Waals surface area contributed by atoms with Crippen molar-refractivity contribution in [1.29, 1.82) is 0 Å². The van der Waals surface area contributed by atoms with Gasteiger partial charge in [0.2, 0.25) is 0 Å². The lowest BCUT2D eigenvalue weighted by Gasteiger charge is -2.34. The van der Waals surface area contributed by atoms with Crippen molar-refractivity contribution in [3.05, 3.63) is 39.9 Å². The highest BCUT2D eigenvalue weighted by Gasteiger charge is 2.33. The number of fused-ring (bicyclic) bond motifs is 2. The third-order valence-electron chi connectivity index (χ3n) is 6.56. The highest BCUT2D eigenvalue weighted by molar-refractivity contribution is 9.10. The highest BCUT2D eigenvalue weighted by Crippen LogP contribution is 2.42. The van der Waals surface area contributed by atoms with Crippen LogP contribution in [0.25, 0.3) is 22.2 Å². The fourth-order valence-electron chi connectivity index (χ4n) is 4.75. The molecule has 2 aromatic carbocycles. The van der Waals surface area contributed by atoms with Crippen LogP contribution in [-0.4, -0.2) is 62.3 Å². The van der Waals surface area contributed by atoms with E-state index in [0.29, 0.717) is 37.8 Å². The molecule has 36 heavy (non-hydrogen) atoms. The number of aromatic nitrogens is 2. The molecule has 9 heteroatoms. The van der Waals surface area contributed by atoms with E-state index in [1.807, 2.05) is 36.9 Å². The topological polar surface area (TPSA) is 65.8 Å². The fourth-order valence-corrected chi connectivity index (χ4v) is 5.93. The van der Waals surface area contributed by atoms with E-state index in [9.17, 15) is 4.79 Å². The minimum atomic E-state index is -1.18. The second-order valence-electron chi connectivity index (χ2n) is 10.6. The number of aryl methyl sites for hydroxylation is 1. The predicted molar refractivity (Wildman–Crippen MR) is 150 cm³/mol. The van der Waals surface area contributed by atoms with Crippen LogP contribution < -0.4 is 9.47 Å². The van der Waals surface area contributed by atoms with Gasteiger partial charge in [-0.3, -0.25) is 9.48 Å². The smallest absolute Gasteiger partial charge is 0.259 e. The molecule has 1 aliphatic heterocycles. The Labute approximate surface area is 222 Å². The monoisotopic (exact) mass is 573 g/mol. The molecule has 0 saturated carbocycles. The third-order valence-corrected chi connectivity index (χ3v) is 8.72. The van der Waals surface area contributed by atoms with Gasteiger partial charge in [0.15, 0.2) is 0 Å². The van der Waals surface area contributed by atoms with Gasteiger partial charge in [0.25, 0.3) is 5.91 Å². The minimum absolute atomic E-state index is 0.0479. The number of amides is 1. The molecule has 3 aromatic rings. The fraction of sp³-hybridized carbons (Fsp3) is 0.481. The maximum Gasteiger partial charge on any atom is 0.259 e. The third kappa shape index (κ3) is 5.33. The lowest BCUT2D eigenvalue weighted by atomic mass is 9.87. The SMILES string of the molecule is CCOc1cc(Br)cc2nn(C)c(-c3cc(OC)c4c(c3)[C@@H](C)CN(COCC[Si](C)(C)C)C4=O)c12. The lowest BCUT2D eigenvalue weighted by Crippen LogP contribution is -2.41. The Morgan fingerprint density at radius 2 is 1.92 bits per heavy atom. The highest BCUT2D eigenvalue weighted by atomic mass is 79.9. The summed E-state index contributed by atoms with van der Waals surface area (Å²) in [6, 6.07) is 9.08. The average Bonchev–Trinajstić information content (AvgIpc) is 3.14. The molecule has 7 nitrogen and oxygen atoms in total. The van der Waals surface area contributed by atoms with Gasteiger partial charge in [-0.25, -0.2) is 0 Å². The molecule has 1 atom stereocenters. The van der Waals surface area contributed by atoms with E-state index in [-0.39, 0.29) is 11.8 Å². The maximum atomic E-state index is 13.5. The number of benzene rings is 2. The van der Waals surface area contributed by atoms with Crippen molar-refractivity contribution in [2.24, 2.45) is 7.05 Å². The Bertz CT molecular complexity index is 1280. The number of carbonyl (C=O) groups excluding carboxylic acids is 1. The van der Waals surface area contributed by atoms with Crippen LogP contribution in [-0.2, 0) is 11.8 Å². The summed E-state index contributed by atoms with van der Waals surface area (Å²) in [5, 5.41) is 5.68. The number of carbonyl (C=O) groups is 1. The van der Waals surface area contributed by atoms with Gasteiger partial charge < -0.3 is 19.1 Å². The number of hydrogen-bond donors (Lipinski definition) is 0. The molecule has 1 aliphatic rings. The average molecular weight is 575 g/mol. The molecular weight excluding hydrogens is 538 g/mol. The molecular formula is C27H36BrN3O4Si. The summed E-state index contributed by atoms with van der Waals surface area (Å²) in [5.74, 6) is 1.42. The molecule has 194 valence electrons. The maximum absolute atomic E-state index is 13.5. The summed E-state index contributed by atoms with van der Waals surface area (Å²) in [6.45, 7) is 13.2. The molecule has 0 aliphatic carbocycles. The van der Waals surface area contributed by atoms with Gasteiger partial charge in [0, 0.05) is 38.3 Å². The van der Waals surface area contributed by atoms with Gasteiger partial charge in [-0.15, -0.1) is 0 Å². The summed E-state index contributed by atoms with van der Waals surface area (Å²) in [6.07, 6.45) is 0. The van der Waals surface area contributed by atoms with E-state index in [2.05, 4.69) is 48.6 Å². The summed E-state index contributed by atoms with van der Waals surface area (Å²) < 4.78 is 20.5. The summed E-state index contributed by atoms with van der Waals surface area (Å²) in [7, 11) is 2.36. The van der Waals surface area contributed by atoms with E-state index in [1.54, 1.807) is 12.0 Å². The van der Waals surface area contributed by atoms with Crippen molar-refractivity contribution in [1.82, 2.24) is 14.7 Å². The second-order valence-corrected chi connectivity index (χ2v) is 17.2. The quantitative estimate of drug-likeness (QED) is 0.222. The summed E-state index contributed by atoms with van der Waals surface area (Å²) in [5.41, 5.74) is 4.31. The van der Waals surface area contributed by atoms with Gasteiger partial charge in [-0.2, -0.15) is 5.10 Å². The van der Waals surface area contributed by atoms with Crippen LogP contribution in [0.4, 0.5) is 0 Å². The van der Waals surface area contributed by atoms with Crippen LogP contribution in [0, 0.1) is 0 Å². The van der Waals surface area contributed by atoms with Gasteiger partial charge in [0.05, 0.1) is 35.9 Å². The summed E-state index contributed by atoms with van der Waals surface area (Å²) >= 11 is 3.57. The van der Waals surface area contributed by atoms with Crippen LogP contribution in [0.15, 0.2) is 28.7 Å². The van der Waals surface area contributed by atoms with Gasteiger partial charge in [-0.1, -0.05) is 42.5 Å². The van der Waals surface area contributed by atoms with Crippen molar-refractivity contribution in [2.75, 3.05) is 33.6 Å². The Hall–Kier alpha value is -2.36. The van der Waals surface area contributed by atoms with Crippen LogP contribution in [0.5, 0.6) is 11.5 Å². The standard InChI is InChI=1S/C27H36BrN3O4Si/c1-8-35-23-14-19(28)13-21-25(23)26(30(3)29-21)18-11-20-17(2)15-31(16-34-9-10-36(5,6)7)27(32)24(20)22(12-18)33-4/h11-14,17H,8-10,15-16H2,1-7H3/t17-/m0/s1. The first kappa shape index (κ1) is 26.7. The lowest BCUT2D eigenvalue weighted by molar-refractivity contribution is 0.0234. The zero-order valence-electron chi connectivity index (χ0n) is 22.3. The minimum Gasteiger partial charge on any atom is -0.496 e. The van der Waals surface area contributed by atoms with Crippen molar-refractivity contribution in [2.45, 2.75) is 45.5 Å². The number of ether oxygens (including phenoxy) is 3. The second kappa shape index (κ2) is 10.6. The number of methoxy groups -OCH3 is 1. The van der Waals surface area contributed by atoms with Crippen LogP contribution in [0.3, 0.4) is 0 Å². The first-order valence-electron chi connectivity index (χ1n) is 12.4. The zero-order valence-corrected chi connectivity index (χ0v) is 24.9. The van der Waals surface area contributed by atoms with Gasteiger partial charge in [0.1, 0.15) is 18.2 Å². The molecule has 4 rings (SSSR count). The van der Waals surface area contributed by atoms with Gasteiger partial charge >= 0.3 is 0 Å².